The summed E-state index contributed by atoms with van der Waals surface area (Å²) in [5, 5.41) is 4.12. The Morgan fingerprint density at radius 2 is 2.45 bits per heavy atom. The molecular weight excluding hydrogens is 158 g/mol. The Morgan fingerprint density at radius 1 is 1.64 bits per heavy atom. The Bertz CT molecular complexity index is 184. The molecular formula is C7H13N3S. The van der Waals surface area contributed by atoms with Crippen LogP contribution in [0.2, 0.25) is 0 Å². The van der Waals surface area contributed by atoms with Gasteiger partial charge < -0.3 is 5.32 Å². The lowest BCUT2D eigenvalue weighted by atomic mass is 10.1. The molecule has 0 aliphatic rings. The fraction of sp³-hybridized carbons (Fsp3) is 0.714. The van der Waals surface area contributed by atoms with Gasteiger partial charge in [-0.15, -0.1) is 0 Å². The molecule has 11 heavy (non-hydrogen) atoms. The Hall–Kier alpha value is -0.640. The van der Waals surface area contributed by atoms with Gasteiger partial charge in [-0.1, -0.05) is 13.8 Å². The molecule has 0 fully saturated rings. The number of nitrogens with one attached hydrogen (secondary N) is 1. The van der Waals surface area contributed by atoms with Crippen LogP contribution in [0, 0.1) is 5.92 Å². The maximum absolute atomic E-state index is 4.01. The molecule has 1 N–H and O–H groups in total. The zero-order valence-corrected chi connectivity index (χ0v) is 7.69. The van der Waals surface area contributed by atoms with Crippen molar-refractivity contribution in [1.29, 1.82) is 0 Å². The smallest absolute Gasteiger partial charge is 0.202 e. The van der Waals surface area contributed by atoms with E-state index < -0.39 is 0 Å². The molecule has 1 rings (SSSR count). The van der Waals surface area contributed by atoms with Crippen molar-refractivity contribution < 1.29 is 0 Å². The van der Waals surface area contributed by atoms with Crippen LogP contribution in [0.5, 0.6) is 0 Å². The molecule has 1 aromatic rings. The molecule has 1 aromatic heterocycles. The van der Waals surface area contributed by atoms with E-state index in [1.807, 2.05) is 0 Å². The molecule has 3 nitrogen and oxygen atoms in total. The average molecular weight is 171 g/mol. The largest absolute Gasteiger partial charge is 0.360 e. The van der Waals surface area contributed by atoms with Crippen LogP contribution in [0.15, 0.2) is 6.33 Å². The fourth-order valence-electron chi connectivity index (χ4n) is 0.719. The number of hydrogen-bond acceptors (Lipinski definition) is 4. The third-order valence-electron chi connectivity index (χ3n) is 1.36. The predicted molar refractivity (Wildman–Crippen MR) is 47.9 cm³/mol. The SMILES string of the molecule is CC(C)CCNc1ncns1. The van der Waals surface area contributed by atoms with Gasteiger partial charge in [0, 0.05) is 18.1 Å². The van der Waals surface area contributed by atoms with E-state index in [9.17, 15) is 0 Å². The van der Waals surface area contributed by atoms with Gasteiger partial charge in [0.25, 0.3) is 0 Å². The summed E-state index contributed by atoms with van der Waals surface area (Å²) in [6.07, 6.45) is 2.75. The molecule has 0 aliphatic heterocycles. The lowest BCUT2D eigenvalue weighted by molar-refractivity contribution is 0.607. The summed E-state index contributed by atoms with van der Waals surface area (Å²) in [5.41, 5.74) is 0. The van der Waals surface area contributed by atoms with E-state index in [2.05, 4.69) is 28.5 Å². The average Bonchev–Trinajstić information content (AvgIpc) is 2.39. The van der Waals surface area contributed by atoms with E-state index in [0.29, 0.717) is 0 Å². The highest BCUT2D eigenvalue weighted by Crippen LogP contribution is 2.07. The Balaban J connectivity index is 2.14. The standard InChI is InChI=1S/C7H13N3S/c1-6(2)3-4-8-7-9-5-10-11-7/h5-6H,3-4H2,1-2H3,(H,8,9,10). The molecule has 0 saturated carbocycles. The van der Waals surface area contributed by atoms with Crippen molar-refractivity contribution in [2.24, 2.45) is 5.92 Å². The molecule has 0 radical (unpaired) electrons. The van der Waals surface area contributed by atoms with E-state index in [4.69, 9.17) is 0 Å². The zero-order valence-electron chi connectivity index (χ0n) is 6.87. The summed E-state index contributed by atoms with van der Waals surface area (Å²) in [5.74, 6) is 0.746. The van der Waals surface area contributed by atoms with Crippen molar-refractivity contribution in [3.63, 3.8) is 0 Å². The van der Waals surface area contributed by atoms with Crippen LogP contribution in [0.4, 0.5) is 5.13 Å². The second-order valence-electron chi connectivity index (χ2n) is 2.86. The van der Waals surface area contributed by atoms with Crippen molar-refractivity contribution in [3.05, 3.63) is 6.33 Å². The van der Waals surface area contributed by atoms with Crippen LogP contribution in [0.1, 0.15) is 20.3 Å². The van der Waals surface area contributed by atoms with E-state index in [1.54, 1.807) is 6.33 Å². The summed E-state index contributed by atoms with van der Waals surface area (Å²) in [4.78, 5) is 4.01. The highest BCUT2D eigenvalue weighted by Gasteiger charge is 1.95. The molecule has 0 spiro atoms. The first-order valence-electron chi connectivity index (χ1n) is 3.79. The normalized spacial score (nSPS) is 10.5. The maximum Gasteiger partial charge on any atom is 0.202 e. The first-order valence-corrected chi connectivity index (χ1v) is 4.57. The predicted octanol–water partition coefficient (Wildman–Crippen LogP) is 2.00. The van der Waals surface area contributed by atoms with Gasteiger partial charge in [-0.2, -0.15) is 4.37 Å². The van der Waals surface area contributed by atoms with Crippen molar-refractivity contribution in [3.8, 4) is 0 Å². The third-order valence-corrected chi connectivity index (χ3v) is 1.98. The quantitative estimate of drug-likeness (QED) is 0.753. The van der Waals surface area contributed by atoms with Gasteiger partial charge in [0.1, 0.15) is 6.33 Å². The molecule has 4 heteroatoms. The number of rotatable bonds is 4. The lowest BCUT2D eigenvalue weighted by Crippen LogP contribution is -2.03. The summed E-state index contributed by atoms with van der Waals surface area (Å²) in [7, 11) is 0. The van der Waals surface area contributed by atoms with E-state index >= 15 is 0 Å². The minimum Gasteiger partial charge on any atom is -0.360 e. The summed E-state index contributed by atoms with van der Waals surface area (Å²) >= 11 is 1.40. The number of hydrogen-bond donors (Lipinski definition) is 1. The van der Waals surface area contributed by atoms with E-state index in [1.165, 1.54) is 18.0 Å². The number of anilines is 1. The molecule has 0 bridgehead atoms. The molecule has 0 atom stereocenters. The molecule has 0 aliphatic carbocycles. The van der Waals surface area contributed by atoms with Crippen LogP contribution >= 0.6 is 11.5 Å². The fourth-order valence-corrected chi connectivity index (χ4v) is 1.17. The van der Waals surface area contributed by atoms with Crippen LogP contribution in [-0.4, -0.2) is 15.9 Å². The highest BCUT2D eigenvalue weighted by atomic mass is 32.1. The summed E-state index contributed by atoms with van der Waals surface area (Å²) < 4.78 is 3.89. The van der Waals surface area contributed by atoms with Crippen LogP contribution in [0.3, 0.4) is 0 Å². The molecule has 62 valence electrons. The van der Waals surface area contributed by atoms with Crippen molar-refractivity contribution >= 4 is 16.7 Å². The minimum atomic E-state index is 0.746. The third kappa shape index (κ3) is 3.32. The zero-order chi connectivity index (χ0) is 8.10. The van der Waals surface area contributed by atoms with Gasteiger partial charge in [-0.05, 0) is 12.3 Å². The lowest BCUT2D eigenvalue weighted by Gasteiger charge is -2.03. The van der Waals surface area contributed by atoms with Crippen molar-refractivity contribution in [2.75, 3.05) is 11.9 Å². The van der Waals surface area contributed by atoms with Gasteiger partial charge in [0.15, 0.2) is 0 Å². The van der Waals surface area contributed by atoms with Crippen LogP contribution in [0.25, 0.3) is 0 Å². The second kappa shape index (κ2) is 4.28. The number of aromatic nitrogens is 2. The first kappa shape index (κ1) is 8.46. The van der Waals surface area contributed by atoms with Gasteiger partial charge in [-0.3, -0.25) is 0 Å². The van der Waals surface area contributed by atoms with Crippen molar-refractivity contribution in [1.82, 2.24) is 9.36 Å². The molecule has 0 saturated heterocycles. The van der Waals surface area contributed by atoms with Gasteiger partial charge in [-0.25, -0.2) is 4.98 Å². The summed E-state index contributed by atoms with van der Waals surface area (Å²) in [6, 6.07) is 0. The minimum absolute atomic E-state index is 0.746. The highest BCUT2D eigenvalue weighted by molar-refractivity contribution is 7.09. The maximum atomic E-state index is 4.01. The van der Waals surface area contributed by atoms with Gasteiger partial charge >= 0.3 is 0 Å². The van der Waals surface area contributed by atoms with E-state index in [0.717, 1.165) is 17.6 Å². The molecule has 0 aromatic carbocycles. The van der Waals surface area contributed by atoms with Gasteiger partial charge in [0.2, 0.25) is 5.13 Å². The molecule has 0 amide bonds. The van der Waals surface area contributed by atoms with Crippen LogP contribution in [-0.2, 0) is 0 Å². The molecule has 1 heterocycles. The first-order chi connectivity index (χ1) is 5.29. The Morgan fingerprint density at radius 3 is 3.00 bits per heavy atom. The summed E-state index contributed by atoms with van der Waals surface area (Å²) in [6.45, 7) is 5.41. The monoisotopic (exact) mass is 171 g/mol. The van der Waals surface area contributed by atoms with Crippen molar-refractivity contribution in [2.45, 2.75) is 20.3 Å². The van der Waals surface area contributed by atoms with E-state index in [-0.39, 0.29) is 0 Å². The second-order valence-corrected chi connectivity index (χ2v) is 3.64. The topological polar surface area (TPSA) is 37.8 Å². The Labute approximate surface area is 71.0 Å². The van der Waals surface area contributed by atoms with Crippen LogP contribution < -0.4 is 5.32 Å². The number of nitrogens with zero attached hydrogens (tertiary/aromatic N) is 2. The van der Waals surface area contributed by atoms with Gasteiger partial charge in [0.05, 0.1) is 0 Å². The molecule has 0 unspecified atom stereocenters. The Kier molecular flexibility index (Phi) is 3.29.